The highest BCUT2D eigenvalue weighted by Gasteiger charge is 2.25. The molecular weight excluding hydrogens is 280 g/mol. The van der Waals surface area contributed by atoms with E-state index in [1.807, 2.05) is 6.92 Å². The van der Waals surface area contributed by atoms with Crippen molar-refractivity contribution in [2.45, 2.75) is 64.8 Å². The Morgan fingerprint density at radius 1 is 1.23 bits per heavy atom. The molecule has 2 rings (SSSR count). The molecule has 0 aliphatic heterocycles. The van der Waals surface area contributed by atoms with E-state index in [2.05, 4.69) is 10.3 Å². The second kappa shape index (κ2) is 7.47. The lowest BCUT2D eigenvalue weighted by Gasteiger charge is -2.16. The minimum absolute atomic E-state index is 0.116. The summed E-state index contributed by atoms with van der Waals surface area (Å²) in [5.41, 5.74) is 2.42. The largest absolute Gasteiger partial charge is 0.465 e. The van der Waals surface area contributed by atoms with Gasteiger partial charge >= 0.3 is 5.97 Å². The highest BCUT2D eigenvalue weighted by Crippen LogP contribution is 2.22. The summed E-state index contributed by atoms with van der Waals surface area (Å²) in [5, 5.41) is 3.12. The number of ether oxygens (including phenoxy) is 1. The molecule has 1 amide bonds. The quantitative estimate of drug-likeness (QED) is 0.663. The van der Waals surface area contributed by atoms with Crippen LogP contribution in [0, 0.1) is 6.92 Å². The number of H-pyrrole nitrogens is 1. The lowest BCUT2D eigenvalue weighted by molar-refractivity contribution is 0.0599. The number of nitrogens with one attached hydrogen (secondary N) is 2. The number of aryl methyl sites for hydroxylation is 1. The summed E-state index contributed by atoms with van der Waals surface area (Å²) < 4.78 is 4.83. The summed E-state index contributed by atoms with van der Waals surface area (Å²) in [6.45, 7) is 3.74. The maximum atomic E-state index is 12.5. The van der Waals surface area contributed by atoms with Crippen LogP contribution in [0.25, 0.3) is 0 Å². The zero-order chi connectivity index (χ0) is 16.1. The van der Waals surface area contributed by atoms with E-state index in [0.29, 0.717) is 23.2 Å². The summed E-state index contributed by atoms with van der Waals surface area (Å²) >= 11 is 0. The van der Waals surface area contributed by atoms with Crippen LogP contribution < -0.4 is 5.32 Å². The Kier molecular flexibility index (Phi) is 5.63. The molecule has 0 unspecified atom stereocenters. The topological polar surface area (TPSA) is 71.2 Å². The van der Waals surface area contributed by atoms with Gasteiger partial charge in [-0.2, -0.15) is 0 Å². The number of hydrogen-bond donors (Lipinski definition) is 2. The lowest BCUT2D eigenvalue weighted by atomic mass is 10.1. The third-order valence-electron chi connectivity index (χ3n) is 4.49. The molecule has 0 radical (unpaired) electrons. The van der Waals surface area contributed by atoms with Crippen LogP contribution in [0.5, 0.6) is 0 Å². The second-order valence-corrected chi connectivity index (χ2v) is 5.99. The van der Waals surface area contributed by atoms with Crippen molar-refractivity contribution in [3.05, 3.63) is 22.5 Å². The van der Waals surface area contributed by atoms with Gasteiger partial charge in [0.1, 0.15) is 5.69 Å². The van der Waals surface area contributed by atoms with Gasteiger partial charge in [-0.05, 0) is 31.7 Å². The second-order valence-electron chi connectivity index (χ2n) is 5.99. The molecule has 22 heavy (non-hydrogen) atoms. The van der Waals surface area contributed by atoms with Gasteiger partial charge in [0.25, 0.3) is 5.91 Å². The van der Waals surface area contributed by atoms with Gasteiger partial charge in [-0.25, -0.2) is 4.79 Å². The van der Waals surface area contributed by atoms with Crippen molar-refractivity contribution >= 4 is 11.9 Å². The summed E-state index contributed by atoms with van der Waals surface area (Å²) in [4.78, 5) is 27.6. The van der Waals surface area contributed by atoms with Gasteiger partial charge in [-0.3, -0.25) is 4.79 Å². The molecule has 1 saturated carbocycles. The van der Waals surface area contributed by atoms with E-state index >= 15 is 0 Å². The molecule has 5 heteroatoms. The zero-order valence-electron chi connectivity index (χ0n) is 13.8. The molecule has 1 aromatic rings. The van der Waals surface area contributed by atoms with E-state index in [4.69, 9.17) is 4.74 Å². The predicted octanol–water partition coefficient (Wildman–Crippen LogP) is 3.12. The molecule has 0 aromatic carbocycles. The Hall–Kier alpha value is -1.78. The van der Waals surface area contributed by atoms with Crippen LogP contribution in [0.2, 0.25) is 0 Å². The summed E-state index contributed by atoms with van der Waals surface area (Å²) in [5.74, 6) is -0.506. The highest BCUT2D eigenvalue weighted by molar-refractivity contribution is 6.00. The van der Waals surface area contributed by atoms with Crippen LogP contribution in [0.15, 0.2) is 0 Å². The van der Waals surface area contributed by atoms with Gasteiger partial charge in [-0.15, -0.1) is 0 Å². The molecule has 0 spiro atoms. The maximum absolute atomic E-state index is 12.5. The Balaban J connectivity index is 2.18. The van der Waals surface area contributed by atoms with Gasteiger partial charge in [0.05, 0.1) is 12.7 Å². The van der Waals surface area contributed by atoms with Crippen LogP contribution in [0.3, 0.4) is 0 Å². The van der Waals surface area contributed by atoms with E-state index in [9.17, 15) is 9.59 Å². The van der Waals surface area contributed by atoms with Gasteiger partial charge in [0, 0.05) is 11.7 Å². The Morgan fingerprint density at radius 2 is 1.86 bits per heavy atom. The summed E-state index contributed by atoms with van der Waals surface area (Å²) in [6.07, 6.45) is 7.57. The van der Waals surface area contributed by atoms with E-state index in [-0.39, 0.29) is 17.9 Å². The fourth-order valence-corrected chi connectivity index (χ4v) is 3.21. The molecule has 1 fully saturated rings. The number of aromatic amines is 1. The summed E-state index contributed by atoms with van der Waals surface area (Å²) in [6, 6.07) is 0.240. The standard InChI is InChI=1S/C17H26N2O3/c1-4-13-14(17(21)22-3)11(2)15(19-13)16(20)18-12-9-7-5-6-8-10-12/h12,19H,4-10H2,1-3H3,(H,18,20). The smallest absolute Gasteiger partial charge is 0.339 e. The van der Waals surface area contributed by atoms with Gasteiger partial charge in [-0.1, -0.05) is 32.6 Å². The number of methoxy groups -OCH3 is 1. The van der Waals surface area contributed by atoms with Gasteiger partial charge in [0.15, 0.2) is 0 Å². The SMILES string of the molecule is CCc1[nH]c(C(=O)NC2CCCCCC2)c(C)c1C(=O)OC. The normalized spacial score (nSPS) is 16.1. The van der Waals surface area contributed by atoms with Gasteiger partial charge in [0.2, 0.25) is 0 Å². The van der Waals surface area contributed by atoms with Crippen molar-refractivity contribution < 1.29 is 14.3 Å². The molecule has 2 N–H and O–H groups in total. The molecule has 1 heterocycles. The van der Waals surface area contributed by atoms with E-state index < -0.39 is 0 Å². The molecule has 0 atom stereocenters. The molecule has 1 aromatic heterocycles. The Bertz CT molecular complexity index is 540. The number of amides is 1. The lowest BCUT2D eigenvalue weighted by Crippen LogP contribution is -2.35. The first kappa shape index (κ1) is 16.6. The van der Waals surface area contributed by atoms with E-state index in [1.165, 1.54) is 32.8 Å². The monoisotopic (exact) mass is 306 g/mol. The van der Waals surface area contributed by atoms with Crippen molar-refractivity contribution in [1.29, 1.82) is 0 Å². The van der Waals surface area contributed by atoms with E-state index in [1.54, 1.807) is 6.92 Å². The van der Waals surface area contributed by atoms with Crippen LogP contribution in [-0.2, 0) is 11.2 Å². The first-order valence-corrected chi connectivity index (χ1v) is 8.19. The average Bonchev–Trinajstić information content (AvgIpc) is 2.68. The van der Waals surface area contributed by atoms with Crippen molar-refractivity contribution in [2.24, 2.45) is 0 Å². The fourth-order valence-electron chi connectivity index (χ4n) is 3.21. The Labute approximate surface area is 131 Å². The minimum Gasteiger partial charge on any atom is -0.465 e. The molecule has 1 aliphatic rings. The van der Waals surface area contributed by atoms with Crippen molar-refractivity contribution in [2.75, 3.05) is 7.11 Å². The average molecular weight is 306 g/mol. The van der Waals surface area contributed by atoms with Crippen molar-refractivity contribution in [1.82, 2.24) is 10.3 Å². The molecule has 122 valence electrons. The zero-order valence-corrected chi connectivity index (χ0v) is 13.8. The number of aromatic nitrogens is 1. The number of esters is 1. The minimum atomic E-state index is -0.390. The molecular formula is C17H26N2O3. The Morgan fingerprint density at radius 3 is 2.41 bits per heavy atom. The van der Waals surface area contributed by atoms with Crippen LogP contribution in [0.4, 0.5) is 0 Å². The number of hydrogen-bond acceptors (Lipinski definition) is 3. The predicted molar refractivity (Wildman–Crippen MR) is 85.2 cm³/mol. The first-order valence-electron chi connectivity index (χ1n) is 8.19. The maximum Gasteiger partial charge on any atom is 0.339 e. The van der Waals surface area contributed by atoms with Crippen molar-refractivity contribution in [3.63, 3.8) is 0 Å². The fraction of sp³-hybridized carbons (Fsp3) is 0.647. The first-order chi connectivity index (χ1) is 10.6. The molecule has 1 aliphatic carbocycles. The molecule has 0 saturated heterocycles. The van der Waals surface area contributed by atoms with E-state index in [0.717, 1.165) is 18.5 Å². The highest BCUT2D eigenvalue weighted by atomic mass is 16.5. The van der Waals surface area contributed by atoms with Gasteiger partial charge < -0.3 is 15.0 Å². The number of carbonyl (C=O) groups is 2. The van der Waals surface area contributed by atoms with Crippen LogP contribution in [-0.4, -0.2) is 30.0 Å². The molecule has 0 bridgehead atoms. The summed E-state index contributed by atoms with van der Waals surface area (Å²) in [7, 11) is 1.36. The third kappa shape index (κ3) is 3.51. The third-order valence-corrected chi connectivity index (χ3v) is 4.49. The van der Waals surface area contributed by atoms with Crippen LogP contribution >= 0.6 is 0 Å². The number of rotatable bonds is 4. The molecule has 5 nitrogen and oxygen atoms in total. The van der Waals surface area contributed by atoms with Crippen molar-refractivity contribution in [3.8, 4) is 0 Å². The number of carbonyl (C=O) groups excluding carboxylic acids is 2. The van der Waals surface area contributed by atoms with Crippen LogP contribution in [0.1, 0.15) is 77.6 Å².